The van der Waals surface area contributed by atoms with Crippen LogP contribution in [0.15, 0.2) is 59.3 Å². The van der Waals surface area contributed by atoms with E-state index in [4.69, 9.17) is 12.2 Å². The number of hydrogen-bond acceptors (Lipinski definition) is 5. The highest BCUT2D eigenvalue weighted by Crippen LogP contribution is 2.18. The highest BCUT2D eigenvalue weighted by molar-refractivity contribution is 9.10. The molecule has 0 unspecified atom stereocenters. The molecule has 2 aromatic heterocycles. The van der Waals surface area contributed by atoms with Gasteiger partial charge < -0.3 is 0 Å². The Labute approximate surface area is 186 Å². The number of H-pyrrole nitrogens is 1. The van der Waals surface area contributed by atoms with E-state index in [0.717, 1.165) is 21.2 Å². The zero-order valence-electron chi connectivity index (χ0n) is 16.0. The standard InChI is InChI=1S/C20H18BrN7OS/c1-13-2-6-15(7-3-13)18-24-25-20(30)28(18)11-17(29)23-19-22-12-27(26-19)10-14-4-8-16(21)9-5-14/h2-9,12H,10-11H2,1H3,(H,25,30)(H,23,26,29). The molecule has 0 radical (unpaired) electrons. The number of benzene rings is 2. The van der Waals surface area contributed by atoms with Crippen molar-refractivity contribution in [3.05, 3.63) is 75.2 Å². The molecule has 2 N–H and O–H groups in total. The second-order valence-electron chi connectivity index (χ2n) is 6.74. The van der Waals surface area contributed by atoms with Gasteiger partial charge >= 0.3 is 0 Å². The first kappa shape index (κ1) is 20.2. The second-order valence-corrected chi connectivity index (χ2v) is 8.05. The van der Waals surface area contributed by atoms with Gasteiger partial charge in [-0.3, -0.25) is 19.8 Å². The number of aromatic amines is 1. The van der Waals surface area contributed by atoms with Gasteiger partial charge in [0, 0.05) is 10.0 Å². The van der Waals surface area contributed by atoms with Gasteiger partial charge in [0.1, 0.15) is 12.9 Å². The van der Waals surface area contributed by atoms with Crippen molar-refractivity contribution in [3.63, 3.8) is 0 Å². The van der Waals surface area contributed by atoms with Crippen LogP contribution in [0.25, 0.3) is 11.4 Å². The number of anilines is 1. The number of nitrogens with one attached hydrogen (secondary N) is 2. The van der Waals surface area contributed by atoms with Crippen LogP contribution in [-0.2, 0) is 17.9 Å². The lowest BCUT2D eigenvalue weighted by molar-refractivity contribution is -0.116. The normalized spacial score (nSPS) is 10.9. The number of carbonyl (C=O) groups excluding carboxylic acids is 1. The lowest BCUT2D eigenvalue weighted by Gasteiger charge is -2.07. The van der Waals surface area contributed by atoms with E-state index in [2.05, 4.69) is 41.5 Å². The summed E-state index contributed by atoms with van der Waals surface area (Å²) in [4.78, 5) is 16.7. The molecule has 0 saturated heterocycles. The Kier molecular flexibility index (Phi) is 5.86. The number of halogens is 1. The monoisotopic (exact) mass is 483 g/mol. The molecule has 0 aliphatic carbocycles. The fraction of sp³-hybridized carbons (Fsp3) is 0.150. The number of nitrogens with zero attached hydrogens (tertiary/aromatic N) is 5. The molecular weight excluding hydrogens is 466 g/mol. The molecule has 30 heavy (non-hydrogen) atoms. The SMILES string of the molecule is Cc1ccc(-c2n[nH]c(=S)n2CC(=O)Nc2ncn(Cc3ccc(Br)cc3)n2)cc1. The predicted octanol–water partition coefficient (Wildman–Crippen LogP) is 3.96. The van der Waals surface area contributed by atoms with E-state index in [1.165, 1.54) is 0 Å². The van der Waals surface area contributed by atoms with Crippen LogP contribution < -0.4 is 5.32 Å². The summed E-state index contributed by atoms with van der Waals surface area (Å²) in [5.74, 6) is 0.551. The number of carbonyl (C=O) groups is 1. The quantitative estimate of drug-likeness (QED) is 0.404. The summed E-state index contributed by atoms with van der Waals surface area (Å²) in [6, 6.07) is 15.8. The molecule has 4 aromatic rings. The summed E-state index contributed by atoms with van der Waals surface area (Å²) in [6.07, 6.45) is 1.58. The van der Waals surface area contributed by atoms with Crippen LogP contribution in [0.3, 0.4) is 0 Å². The van der Waals surface area contributed by atoms with E-state index in [9.17, 15) is 4.79 Å². The maximum absolute atomic E-state index is 12.6. The van der Waals surface area contributed by atoms with Crippen LogP contribution >= 0.6 is 28.1 Å². The lowest BCUT2D eigenvalue weighted by atomic mass is 10.1. The fourth-order valence-electron chi connectivity index (χ4n) is 2.90. The van der Waals surface area contributed by atoms with Crippen molar-refractivity contribution in [1.29, 1.82) is 0 Å². The van der Waals surface area contributed by atoms with Crippen LogP contribution in [0, 0.1) is 11.7 Å². The highest BCUT2D eigenvalue weighted by atomic mass is 79.9. The van der Waals surface area contributed by atoms with Crippen LogP contribution in [0.5, 0.6) is 0 Å². The van der Waals surface area contributed by atoms with Gasteiger partial charge in [0.15, 0.2) is 10.6 Å². The average molecular weight is 484 g/mol. The summed E-state index contributed by atoms with van der Waals surface area (Å²) < 4.78 is 4.70. The molecule has 0 saturated carbocycles. The van der Waals surface area contributed by atoms with Crippen molar-refractivity contribution in [2.24, 2.45) is 0 Å². The maximum Gasteiger partial charge on any atom is 0.248 e. The Morgan fingerprint density at radius 3 is 2.63 bits per heavy atom. The predicted molar refractivity (Wildman–Crippen MR) is 119 cm³/mol. The zero-order valence-corrected chi connectivity index (χ0v) is 18.4. The molecule has 4 rings (SSSR count). The molecule has 0 atom stereocenters. The molecule has 8 nitrogen and oxygen atoms in total. The van der Waals surface area contributed by atoms with Gasteiger partial charge in [-0.15, -0.1) is 5.10 Å². The summed E-state index contributed by atoms with van der Waals surface area (Å²) >= 11 is 8.71. The molecule has 2 heterocycles. The van der Waals surface area contributed by atoms with Gasteiger partial charge in [0.25, 0.3) is 0 Å². The van der Waals surface area contributed by atoms with Gasteiger partial charge in [-0.25, -0.2) is 9.67 Å². The number of aromatic nitrogens is 6. The minimum absolute atomic E-state index is 0.000203. The summed E-state index contributed by atoms with van der Waals surface area (Å²) in [5.41, 5.74) is 3.09. The van der Waals surface area contributed by atoms with E-state index >= 15 is 0 Å². The molecule has 1 amide bonds. The Balaban J connectivity index is 1.44. The average Bonchev–Trinajstić information content (AvgIpc) is 3.31. The van der Waals surface area contributed by atoms with Gasteiger partial charge in [-0.2, -0.15) is 5.10 Å². The first-order valence-electron chi connectivity index (χ1n) is 9.14. The van der Waals surface area contributed by atoms with Gasteiger partial charge in [0.2, 0.25) is 11.9 Å². The molecular formula is C20H18BrN7OS. The highest BCUT2D eigenvalue weighted by Gasteiger charge is 2.14. The summed E-state index contributed by atoms with van der Waals surface area (Å²) in [7, 11) is 0. The molecule has 0 fully saturated rings. The smallest absolute Gasteiger partial charge is 0.248 e. The van der Waals surface area contributed by atoms with E-state index < -0.39 is 0 Å². The van der Waals surface area contributed by atoms with Gasteiger partial charge in [-0.05, 0) is 36.8 Å². The van der Waals surface area contributed by atoms with Crippen molar-refractivity contribution < 1.29 is 4.79 Å². The molecule has 0 bridgehead atoms. The first-order chi connectivity index (χ1) is 14.5. The van der Waals surface area contributed by atoms with Crippen LogP contribution in [0.4, 0.5) is 5.95 Å². The molecule has 10 heteroatoms. The van der Waals surface area contributed by atoms with Crippen molar-refractivity contribution >= 4 is 40.0 Å². The molecule has 152 valence electrons. The first-order valence-corrected chi connectivity index (χ1v) is 10.3. The number of rotatable bonds is 6. The Bertz CT molecular complexity index is 1230. The molecule has 0 spiro atoms. The third-order valence-corrected chi connectivity index (χ3v) is 5.26. The number of aryl methyl sites for hydroxylation is 1. The largest absolute Gasteiger partial charge is 0.292 e. The second kappa shape index (κ2) is 8.72. The van der Waals surface area contributed by atoms with Crippen molar-refractivity contribution in [2.45, 2.75) is 20.0 Å². The van der Waals surface area contributed by atoms with E-state index in [1.807, 2.05) is 55.5 Å². The number of hydrogen-bond donors (Lipinski definition) is 2. The molecule has 2 aromatic carbocycles. The third kappa shape index (κ3) is 4.71. The fourth-order valence-corrected chi connectivity index (χ4v) is 3.36. The van der Waals surface area contributed by atoms with E-state index in [-0.39, 0.29) is 18.4 Å². The molecule has 0 aliphatic heterocycles. The minimum Gasteiger partial charge on any atom is -0.292 e. The topological polar surface area (TPSA) is 93.4 Å². The van der Waals surface area contributed by atoms with Crippen molar-refractivity contribution in [1.82, 2.24) is 29.5 Å². The van der Waals surface area contributed by atoms with Crippen LogP contribution in [0.2, 0.25) is 0 Å². The van der Waals surface area contributed by atoms with Gasteiger partial charge in [-0.1, -0.05) is 57.9 Å². The minimum atomic E-state index is -0.290. The molecule has 0 aliphatic rings. The van der Waals surface area contributed by atoms with Crippen molar-refractivity contribution in [3.8, 4) is 11.4 Å². The van der Waals surface area contributed by atoms with Gasteiger partial charge in [0.05, 0.1) is 6.54 Å². The lowest BCUT2D eigenvalue weighted by Crippen LogP contribution is -2.20. The Morgan fingerprint density at radius 1 is 1.17 bits per heavy atom. The third-order valence-electron chi connectivity index (χ3n) is 4.42. The number of amides is 1. The maximum atomic E-state index is 12.6. The van der Waals surface area contributed by atoms with E-state index in [0.29, 0.717) is 17.1 Å². The van der Waals surface area contributed by atoms with Crippen LogP contribution in [-0.4, -0.2) is 35.4 Å². The van der Waals surface area contributed by atoms with Crippen LogP contribution in [0.1, 0.15) is 11.1 Å². The Morgan fingerprint density at radius 2 is 1.90 bits per heavy atom. The Hall–Kier alpha value is -3.11. The van der Waals surface area contributed by atoms with Crippen molar-refractivity contribution in [2.75, 3.05) is 5.32 Å². The zero-order chi connectivity index (χ0) is 21.1. The summed E-state index contributed by atoms with van der Waals surface area (Å²) in [6.45, 7) is 2.57. The van der Waals surface area contributed by atoms with E-state index in [1.54, 1.807) is 15.6 Å². The summed E-state index contributed by atoms with van der Waals surface area (Å²) in [5, 5.41) is 14.0.